The van der Waals surface area contributed by atoms with Gasteiger partial charge in [0.05, 0.1) is 0 Å². The molecule has 0 unspecified atom stereocenters. The third-order valence-electron chi connectivity index (χ3n) is 1.37. The summed E-state index contributed by atoms with van der Waals surface area (Å²) in [4.78, 5) is 0. The van der Waals surface area contributed by atoms with Gasteiger partial charge in [0.2, 0.25) is 0 Å². The minimum Gasteiger partial charge on any atom is -0.137 e. The largest absolute Gasteiger partial charge is 0.137 e. The summed E-state index contributed by atoms with van der Waals surface area (Å²) in [6, 6.07) is 0. The number of allylic oxidation sites excluding steroid dienone is 5. The Labute approximate surface area is 74.1 Å². The molecule has 0 aliphatic carbocycles. The van der Waals surface area contributed by atoms with Gasteiger partial charge in [-0.05, 0) is 38.0 Å². The van der Waals surface area contributed by atoms with Crippen molar-refractivity contribution in [1.29, 1.82) is 0 Å². The van der Waals surface area contributed by atoms with Crippen LogP contribution in [0.1, 0.15) is 20.8 Å². The molecule has 0 aliphatic heterocycles. The molecule has 0 spiro atoms. The van der Waals surface area contributed by atoms with Gasteiger partial charge >= 0.3 is 0 Å². The molecule has 0 bridgehead atoms. The first-order valence-corrected chi connectivity index (χ1v) is 5.00. The Balaban J connectivity index is 4.03. The number of hydrogen-bond donors (Lipinski definition) is 0. The lowest BCUT2D eigenvalue weighted by atomic mass is 10.2. The normalized spacial score (nSPS) is 14.5. The predicted molar refractivity (Wildman–Crippen MR) is 55.8 cm³/mol. The van der Waals surface area contributed by atoms with Crippen LogP contribution >= 0.6 is 11.8 Å². The van der Waals surface area contributed by atoms with Gasteiger partial charge in [-0.1, -0.05) is 23.8 Å². The fraction of sp³-hybridized carbons (Fsp3) is 0.400. The smallest absolute Gasteiger partial charge is 0.0142 e. The fourth-order valence-electron chi connectivity index (χ4n) is 0.584. The van der Waals surface area contributed by atoms with Gasteiger partial charge < -0.3 is 0 Å². The number of thioether (sulfide) groups is 1. The first-order chi connectivity index (χ1) is 5.20. The summed E-state index contributed by atoms with van der Waals surface area (Å²) in [5.74, 6) is 0. The molecule has 0 nitrogen and oxygen atoms in total. The van der Waals surface area contributed by atoms with Crippen molar-refractivity contribution in [3.05, 3.63) is 34.8 Å². The lowest BCUT2D eigenvalue weighted by molar-refractivity contribution is 1.45. The van der Waals surface area contributed by atoms with Crippen LogP contribution in [0, 0.1) is 0 Å². The molecule has 62 valence electrons. The van der Waals surface area contributed by atoms with Gasteiger partial charge in [0, 0.05) is 0 Å². The standard InChI is InChI=1S/C10H16S/c1-5-9(2)6-7-10(3)8-11-4/h5-8H,1-4H3/b7-6-,9-5-,10-8+. The summed E-state index contributed by atoms with van der Waals surface area (Å²) in [5, 5.41) is 2.14. The van der Waals surface area contributed by atoms with Crippen molar-refractivity contribution < 1.29 is 0 Å². The highest BCUT2D eigenvalue weighted by Gasteiger charge is 1.80. The van der Waals surface area contributed by atoms with E-state index in [0.29, 0.717) is 0 Å². The average molecular weight is 168 g/mol. The Kier molecular flexibility index (Phi) is 6.05. The second-order valence-electron chi connectivity index (χ2n) is 2.46. The number of rotatable bonds is 3. The van der Waals surface area contributed by atoms with Crippen molar-refractivity contribution >= 4 is 11.8 Å². The van der Waals surface area contributed by atoms with Gasteiger partial charge in [-0.15, -0.1) is 11.8 Å². The highest BCUT2D eigenvalue weighted by molar-refractivity contribution is 8.01. The Bertz CT molecular complexity index is 185. The predicted octanol–water partition coefficient (Wildman–Crippen LogP) is 3.78. The van der Waals surface area contributed by atoms with Crippen molar-refractivity contribution in [2.75, 3.05) is 6.26 Å². The molecule has 0 aromatic rings. The van der Waals surface area contributed by atoms with Gasteiger partial charge in [0.25, 0.3) is 0 Å². The first-order valence-electron chi connectivity index (χ1n) is 3.71. The SMILES string of the molecule is C\C=C(C)/C=C\C(C)=C\SC. The van der Waals surface area contributed by atoms with Gasteiger partial charge in [0.15, 0.2) is 0 Å². The molecular weight excluding hydrogens is 152 g/mol. The van der Waals surface area contributed by atoms with E-state index < -0.39 is 0 Å². The topological polar surface area (TPSA) is 0 Å². The van der Waals surface area contributed by atoms with E-state index in [2.05, 4.69) is 43.7 Å². The highest BCUT2D eigenvalue weighted by Crippen LogP contribution is 2.05. The first kappa shape index (κ1) is 10.6. The molecule has 0 aromatic carbocycles. The monoisotopic (exact) mass is 168 g/mol. The Morgan fingerprint density at radius 1 is 1.09 bits per heavy atom. The second-order valence-corrected chi connectivity index (χ2v) is 3.17. The lowest BCUT2D eigenvalue weighted by Crippen LogP contribution is -1.68. The highest BCUT2D eigenvalue weighted by atomic mass is 32.2. The molecule has 0 fully saturated rings. The van der Waals surface area contributed by atoms with Crippen LogP contribution in [-0.4, -0.2) is 6.26 Å². The van der Waals surface area contributed by atoms with Crippen LogP contribution in [-0.2, 0) is 0 Å². The molecule has 0 atom stereocenters. The Morgan fingerprint density at radius 2 is 1.64 bits per heavy atom. The van der Waals surface area contributed by atoms with E-state index in [4.69, 9.17) is 0 Å². The molecule has 0 amide bonds. The van der Waals surface area contributed by atoms with Crippen molar-refractivity contribution in [1.82, 2.24) is 0 Å². The van der Waals surface area contributed by atoms with Crippen LogP contribution in [0.4, 0.5) is 0 Å². The minimum absolute atomic E-state index is 1.30. The molecule has 0 N–H and O–H groups in total. The zero-order chi connectivity index (χ0) is 8.69. The summed E-state index contributed by atoms with van der Waals surface area (Å²) in [7, 11) is 0. The summed E-state index contributed by atoms with van der Waals surface area (Å²) < 4.78 is 0. The van der Waals surface area contributed by atoms with Gasteiger partial charge in [0.1, 0.15) is 0 Å². The van der Waals surface area contributed by atoms with Crippen LogP contribution in [0.2, 0.25) is 0 Å². The zero-order valence-corrected chi connectivity index (χ0v) is 8.53. The molecule has 0 radical (unpaired) electrons. The number of hydrogen-bond acceptors (Lipinski definition) is 1. The summed E-state index contributed by atoms with van der Waals surface area (Å²) in [6.07, 6.45) is 8.43. The quantitative estimate of drug-likeness (QED) is 0.578. The van der Waals surface area contributed by atoms with Gasteiger partial charge in [-0.25, -0.2) is 0 Å². The van der Waals surface area contributed by atoms with Crippen LogP contribution in [0.15, 0.2) is 34.8 Å². The Morgan fingerprint density at radius 3 is 2.09 bits per heavy atom. The minimum atomic E-state index is 1.30. The molecule has 0 saturated heterocycles. The van der Waals surface area contributed by atoms with Crippen LogP contribution in [0.25, 0.3) is 0 Å². The summed E-state index contributed by atoms with van der Waals surface area (Å²) in [5.41, 5.74) is 2.61. The van der Waals surface area contributed by atoms with Crippen molar-refractivity contribution in [2.45, 2.75) is 20.8 Å². The summed E-state index contributed by atoms with van der Waals surface area (Å²) in [6.45, 7) is 6.26. The van der Waals surface area contributed by atoms with Crippen molar-refractivity contribution in [2.24, 2.45) is 0 Å². The molecule has 0 aromatic heterocycles. The van der Waals surface area contributed by atoms with E-state index in [1.165, 1.54) is 11.1 Å². The van der Waals surface area contributed by atoms with Gasteiger partial charge in [-0.2, -0.15) is 0 Å². The van der Waals surface area contributed by atoms with Crippen LogP contribution in [0.3, 0.4) is 0 Å². The average Bonchev–Trinajstić information content (AvgIpc) is 2.01. The van der Waals surface area contributed by atoms with Gasteiger partial charge in [-0.3, -0.25) is 0 Å². The molecule has 0 heterocycles. The van der Waals surface area contributed by atoms with E-state index in [1.54, 1.807) is 11.8 Å². The molecule has 0 saturated carbocycles. The third kappa shape index (κ3) is 5.99. The van der Waals surface area contributed by atoms with Crippen molar-refractivity contribution in [3.63, 3.8) is 0 Å². The molecule has 0 rings (SSSR count). The maximum atomic E-state index is 2.14. The van der Waals surface area contributed by atoms with E-state index in [9.17, 15) is 0 Å². The maximum Gasteiger partial charge on any atom is -0.0142 e. The third-order valence-corrected chi connectivity index (χ3v) is 1.98. The van der Waals surface area contributed by atoms with E-state index in [0.717, 1.165) is 0 Å². The fourth-order valence-corrected chi connectivity index (χ4v) is 1.03. The molecular formula is C10H16S. The summed E-state index contributed by atoms with van der Waals surface area (Å²) >= 11 is 1.74. The maximum absolute atomic E-state index is 2.14. The van der Waals surface area contributed by atoms with E-state index in [-0.39, 0.29) is 0 Å². The van der Waals surface area contributed by atoms with Crippen LogP contribution in [0.5, 0.6) is 0 Å². The Hall–Kier alpha value is -0.430. The molecule has 11 heavy (non-hydrogen) atoms. The molecule has 0 aliphatic rings. The zero-order valence-electron chi connectivity index (χ0n) is 7.72. The molecule has 1 heteroatoms. The lowest BCUT2D eigenvalue weighted by Gasteiger charge is -1.90. The van der Waals surface area contributed by atoms with Crippen LogP contribution < -0.4 is 0 Å². The van der Waals surface area contributed by atoms with Crippen molar-refractivity contribution in [3.8, 4) is 0 Å². The van der Waals surface area contributed by atoms with E-state index in [1.807, 2.05) is 6.92 Å². The second kappa shape index (κ2) is 6.29. The van der Waals surface area contributed by atoms with E-state index >= 15 is 0 Å².